The number of fused-ring (bicyclic) bond motifs is 1. The van der Waals surface area contributed by atoms with E-state index in [9.17, 15) is 0 Å². The third kappa shape index (κ3) is 6.02. The number of hydrogen-bond donors (Lipinski definition) is 1. The number of aromatic nitrogens is 4. The van der Waals surface area contributed by atoms with Gasteiger partial charge in [-0.25, -0.2) is 4.98 Å². The van der Waals surface area contributed by atoms with Gasteiger partial charge in [-0.2, -0.15) is 4.98 Å². The number of anilines is 3. The Bertz CT molecular complexity index is 1290. The van der Waals surface area contributed by atoms with Crippen molar-refractivity contribution < 1.29 is 0 Å². The lowest BCUT2D eigenvalue weighted by Crippen LogP contribution is -2.32. The smallest absolute Gasteiger partial charge is 0.227 e. The van der Waals surface area contributed by atoms with Gasteiger partial charge in [0.05, 0.1) is 17.8 Å². The molecule has 1 aliphatic heterocycles. The summed E-state index contributed by atoms with van der Waals surface area (Å²) in [5, 5.41) is 5.34. The van der Waals surface area contributed by atoms with E-state index < -0.39 is 0 Å². The fraction of sp³-hybridized carbons (Fsp3) is 0.357. The van der Waals surface area contributed by atoms with Gasteiger partial charge >= 0.3 is 0 Å². The second kappa shape index (κ2) is 11.5. The summed E-state index contributed by atoms with van der Waals surface area (Å²) in [6.07, 6.45) is 8.31. The van der Waals surface area contributed by atoms with Crippen molar-refractivity contribution in [3.63, 3.8) is 0 Å². The molecule has 0 unspecified atom stereocenters. The molecule has 3 aromatic heterocycles. The Kier molecular flexibility index (Phi) is 7.76. The van der Waals surface area contributed by atoms with Gasteiger partial charge in [-0.1, -0.05) is 17.7 Å². The number of halogens is 1. The van der Waals surface area contributed by atoms with E-state index in [1.807, 2.05) is 48.8 Å². The number of hydrogen-bond acceptors (Lipinski definition) is 7. The molecule has 8 heteroatoms. The van der Waals surface area contributed by atoms with Crippen molar-refractivity contribution in [1.29, 1.82) is 0 Å². The van der Waals surface area contributed by atoms with Crippen molar-refractivity contribution in [2.45, 2.75) is 39.2 Å². The Morgan fingerprint density at radius 3 is 2.69 bits per heavy atom. The monoisotopic (exact) mass is 501 g/mol. The number of nitrogens with zero attached hydrogens (tertiary/aromatic N) is 6. The van der Waals surface area contributed by atoms with Crippen LogP contribution in [-0.2, 0) is 6.54 Å². The summed E-state index contributed by atoms with van der Waals surface area (Å²) in [5.41, 5.74) is 3.95. The topological polar surface area (TPSA) is 70.1 Å². The van der Waals surface area contributed by atoms with Gasteiger partial charge in [0.1, 0.15) is 5.82 Å². The van der Waals surface area contributed by atoms with Gasteiger partial charge in [0.2, 0.25) is 5.95 Å². The van der Waals surface area contributed by atoms with Crippen molar-refractivity contribution in [2.24, 2.45) is 0 Å². The summed E-state index contributed by atoms with van der Waals surface area (Å²) < 4.78 is 0. The first kappa shape index (κ1) is 24.3. The molecule has 1 fully saturated rings. The molecule has 5 rings (SSSR count). The Labute approximate surface area is 217 Å². The molecular formula is C28H32ClN7. The SMILES string of the molecule is Cc1cc(N2CCCCC2)nc(N(CCCNc2ccnc3cc(Cl)ccc23)Cc2ccccn2)n1. The van der Waals surface area contributed by atoms with Crippen LogP contribution in [-0.4, -0.2) is 46.1 Å². The van der Waals surface area contributed by atoms with Gasteiger partial charge < -0.3 is 15.1 Å². The van der Waals surface area contributed by atoms with Crippen LogP contribution >= 0.6 is 11.6 Å². The molecule has 1 aliphatic rings. The Hall–Kier alpha value is -3.45. The van der Waals surface area contributed by atoms with Crippen molar-refractivity contribution in [3.8, 4) is 0 Å². The highest BCUT2D eigenvalue weighted by Gasteiger charge is 2.17. The number of aryl methyl sites for hydroxylation is 1. The van der Waals surface area contributed by atoms with Crippen molar-refractivity contribution in [3.05, 3.63) is 77.3 Å². The molecule has 1 aromatic carbocycles. The summed E-state index contributed by atoms with van der Waals surface area (Å²) in [4.78, 5) is 23.5. The zero-order valence-electron chi connectivity index (χ0n) is 20.7. The molecule has 4 aromatic rings. The van der Waals surface area contributed by atoms with E-state index in [4.69, 9.17) is 21.6 Å². The average Bonchev–Trinajstić information content (AvgIpc) is 2.91. The lowest BCUT2D eigenvalue weighted by atomic mass is 10.1. The fourth-order valence-electron chi connectivity index (χ4n) is 4.67. The van der Waals surface area contributed by atoms with Gasteiger partial charge in [0.25, 0.3) is 0 Å². The molecule has 0 saturated carbocycles. The highest BCUT2D eigenvalue weighted by Crippen LogP contribution is 2.25. The molecule has 0 aliphatic carbocycles. The van der Waals surface area contributed by atoms with E-state index in [2.05, 4.69) is 44.1 Å². The minimum Gasteiger partial charge on any atom is -0.384 e. The van der Waals surface area contributed by atoms with Crippen molar-refractivity contribution >= 4 is 40.0 Å². The lowest BCUT2D eigenvalue weighted by Gasteiger charge is -2.29. The third-order valence-corrected chi connectivity index (χ3v) is 6.73. The quantitative estimate of drug-likeness (QED) is 0.287. The van der Waals surface area contributed by atoms with Crippen LogP contribution in [0.2, 0.25) is 5.02 Å². The molecule has 36 heavy (non-hydrogen) atoms. The van der Waals surface area contributed by atoms with E-state index in [1.165, 1.54) is 19.3 Å². The fourth-order valence-corrected chi connectivity index (χ4v) is 4.83. The van der Waals surface area contributed by atoms with Gasteiger partial charge in [0, 0.05) is 66.4 Å². The molecule has 186 valence electrons. The van der Waals surface area contributed by atoms with Crippen molar-refractivity contribution in [2.75, 3.05) is 41.3 Å². The van der Waals surface area contributed by atoms with E-state index in [1.54, 1.807) is 0 Å². The number of piperidine rings is 1. The molecule has 1 saturated heterocycles. The normalized spacial score (nSPS) is 13.7. The molecule has 0 amide bonds. The summed E-state index contributed by atoms with van der Waals surface area (Å²) in [7, 11) is 0. The van der Waals surface area contributed by atoms with E-state index >= 15 is 0 Å². The number of rotatable bonds is 9. The zero-order valence-corrected chi connectivity index (χ0v) is 21.5. The highest BCUT2D eigenvalue weighted by molar-refractivity contribution is 6.31. The van der Waals surface area contributed by atoms with Gasteiger partial charge in [0.15, 0.2) is 0 Å². The van der Waals surface area contributed by atoms with Crippen LogP contribution in [0.5, 0.6) is 0 Å². The van der Waals surface area contributed by atoms with E-state index in [0.717, 1.165) is 72.3 Å². The summed E-state index contributed by atoms with van der Waals surface area (Å²) in [6, 6.07) is 16.0. The van der Waals surface area contributed by atoms with Crippen LogP contribution in [0, 0.1) is 6.92 Å². The van der Waals surface area contributed by atoms with Gasteiger partial charge in [-0.05, 0) is 69.0 Å². The first-order valence-corrected chi connectivity index (χ1v) is 13.1. The summed E-state index contributed by atoms with van der Waals surface area (Å²) in [5.74, 6) is 1.80. The van der Waals surface area contributed by atoms with E-state index in [0.29, 0.717) is 11.6 Å². The number of nitrogens with one attached hydrogen (secondary N) is 1. The second-order valence-electron chi connectivity index (χ2n) is 9.26. The molecule has 1 N–H and O–H groups in total. The molecule has 0 bridgehead atoms. The van der Waals surface area contributed by atoms with Crippen LogP contribution in [0.1, 0.15) is 37.1 Å². The maximum absolute atomic E-state index is 6.14. The van der Waals surface area contributed by atoms with Crippen molar-refractivity contribution in [1.82, 2.24) is 19.9 Å². The highest BCUT2D eigenvalue weighted by atomic mass is 35.5. The third-order valence-electron chi connectivity index (χ3n) is 6.50. The number of pyridine rings is 2. The Morgan fingerprint density at radius 2 is 1.86 bits per heavy atom. The minimum atomic E-state index is 0.667. The predicted octanol–water partition coefficient (Wildman–Crippen LogP) is 5.88. The Morgan fingerprint density at radius 1 is 0.972 bits per heavy atom. The zero-order chi connectivity index (χ0) is 24.7. The van der Waals surface area contributed by atoms with Crippen LogP contribution in [0.4, 0.5) is 17.5 Å². The predicted molar refractivity (Wildman–Crippen MR) is 148 cm³/mol. The minimum absolute atomic E-state index is 0.667. The molecule has 4 heterocycles. The molecule has 0 atom stereocenters. The molecule has 0 radical (unpaired) electrons. The van der Waals surface area contributed by atoms with Gasteiger partial charge in [-0.3, -0.25) is 9.97 Å². The van der Waals surface area contributed by atoms with Crippen LogP contribution < -0.4 is 15.1 Å². The first-order valence-electron chi connectivity index (χ1n) is 12.7. The molecule has 7 nitrogen and oxygen atoms in total. The van der Waals surface area contributed by atoms with E-state index in [-0.39, 0.29) is 0 Å². The standard InChI is InChI=1S/C28H32ClN7/c1-21-18-27(35-15-5-2-6-16-35)34-28(33-21)36(20-23-8-3-4-12-30-23)17-7-13-31-25-11-14-32-26-19-22(29)9-10-24(25)26/h3-4,8-12,14,18-19H,2,5-7,13,15-17,20H2,1H3,(H,31,32). The maximum Gasteiger partial charge on any atom is 0.227 e. The van der Waals surface area contributed by atoms with Crippen LogP contribution in [0.15, 0.2) is 60.9 Å². The Balaban J connectivity index is 1.31. The largest absolute Gasteiger partial charge is 0.384 e. The summed E-state index contributed by atoms with van der Waals surface area (Å²) in [6.45, 7) is 6.46. The van der Waals surface area contributed by atoms with Gasteiger partial charge in [-0.15, -0.1) is 0 Å². The second-order valence-corrected chi connectivity index (χ2v) is 9.69. The van der Waals surface area contributed by atoms with Crippen LogP contribution in [0.3, 0.4) is 0 Å². The average molecular weight is 502 g/mol. The number of benzene rings is 1. The summed E-state index contributed by atoms with van der Waals surface area (Å²) >= 11 is 6.14. The molecular weight excluding hydrogens is 470 g/mol. The lowest BCUT2D eigenvalue weighted by molar-refractivity contribution is 0.572. The van der Waals surface area contributed by atoms with Crippen LogP contribution in [0.25, 0.3) is 10.9 Å². The maximum atomic E-state index is 6.14. The first-order chi connectivity index (χ1) is 17.7. The molecule has 0 spiro atoms.